The maximum Gasteiger partial charge on any atom is 0.240 e. The highest BCUT2D eigenvalue weighted by Crippen LogP contribution is 2.18. The zero-order chi connectivity index (χ0) is 15.9. The van der Waals surface area contributed by atoms with Gasteiger partial charge in [-0.1, -0.05) is 32.0 Å². The molecule has 0 bridgehead atoms. The summed E-state index contributed by atoms with van der Waals surface area (Å²) in [6, 6.07) is 7.69. The Bertz CT molecular complexity index is 485. The Hall–Kier alpha value is -1.59. The van der Waals surface area contributed by atoms with E-state index in [4.69, 9.17) is 9.47 Å². The molecule has 0 aliphatic carbocycles. The third-order valence-electron chi connectivity index (χ3n) is 3.96. The number of methoxy groups -OCH3 is 1. The minimum absolute atomic E-state index is 0.160. The second-order valence-electron chi connectivity index (χ2n) is 5.85. The van der Waals surface area contributed by atoms with Gasteiger partial charge in [0.25, 0.3) is 0 Å². The van der Waals surface area contributed by atoms with Gasteiger partial charge >= 0.3 is 0 Å². The fourth-order valence-electron chi connectivity index (χ4n) is 2.66. The molecule has 0 aromatic heterocycles. The third kappa shape index (κ3) is 4.21. The zero-order valence-corrected chi connectivity index (χ0v) is 13.7. The van der Waals surface area contributed by atoms with Crippen molar-refractivity contribution in [2.24, 2.45) is 5.92 Å². The molecular formula is C17H26N2O3. The van der Waals surface area contributed by atoms with Gasteiger partial charge in [-0.3, -0.25) is 4.79 Å². The number of rotatable bonds is 6. The molecule has 1 aliphatic heterocycles. The number of morpholine rings is 1. The predicted molar refractivity (Wildman–Crippen MR) is 85.9 cm³/mol. The van der Waals surface area contributed by atoms with Crippen LogP contribution in [-0.2, 0) is 16.1 Å². The summed E-state index contributed by atoms with van der Waals surface area (Å²) < 4.78 is 10.7. The van der Waals surface area contributed by atoms with Crippen LogP contribution in [-0.4, -0.2) is 50.3 Å². The molecule has 1 amide bonds. The van der Waals surface area contributed by atoms with Crippen molar-refractivity contribution in [3.8, 4) is 5.75 Å². The molecule has 1 heterocycles. The smallest absolute Gasteiger partial charge is 0.240 e. The second kappa shape index (κ2) is 8.15. The van der Waals surface area contributed by atoms with E-state index < -0.39 is 0 Å². The van der Waals surface area contributed by atoms with Crippen molar-refractivity contribution in [3.05, 3.63) is 29.8 Å². The largest absolute Gasteiger partial charge is 0.496 e. The zero-order valence-electron chi connectivity index (χ0n) is 13.7. The van der Waals surface area contributed by atoms with Crippen LogP contribution < -0.4 is 10.1 Å². The summed E-state index contributed by atoms with van der Waals surface area (Å²) in [5.74, 6) is 1.23. The molecule has 1 aromatic rings. The third-order valence-corrected chi connectivity index (χ3v) is 3.96. The number of para-hydroxylation sites is 1. The topological polar surface area (TPSA) is 50.8 Å². The summed E-state index contributed by atoms with van der Waals surface area (Å²) in [6.07, 6.45) is 0. The van der Waals surface area contributed by atoms with Gasteiger partial charge in [-0.05, 0) is 12.0 Å². The molecule has 122 valence electrons. The molecule has 1 aliphatic rings. The molecule has 0 spiro atoms. The van der Waals surface area contributed by atoms with E-state index in [9.17, 15) is 4.79 Å². The van der Waals surface area contributed by atoms with Crippen LogP contribution in [0.3, 0.4) is 0 Å². The van der Waals surface area contributed by atoms with Crippen molar-refractivity contribution in [1.29, 1.82) is 0 Å². The van der Waals surface area contributed by atoms with Gasteiger partial charge in [-0.25, -0.2) is 0 Å². The highest BCUT2D eigenvalue weighted by molar-refractivity contribution is 5.82. The molecule has 1 aromatic carbocycles. The lowest BCUT2D eigenvalue weighted by atomic mass is 10.0. The number of nitrogens with one attached hydrogen (secondary N) is 1. The molecule has 2 rings (SSSR count). The lowest BCUT2D eigenvalue weighted by Crippen LogP contribution is -2.52. The molecule has 0 saturated carbocycles. The van der Waals surface area contributed by atoms with Gasteiger partial charge in [-0.15, -0.1) is 0 Å². The summed E-state index contributed by atoms with van der Waals surface area (Å²) in [6.45, 7) is 7.36. The van der Waals surface area contributed by atoms with Gasteiger partial charge in [0, 0.05) is 25.2 Å². The van der Waals surface area contributed by atoms with Crippen LogP contribution >= 0.6 is 0 Å². The van der Waals surface area contributed by atoms with Crippen molar-refractivity contribution >= 4 is 5.91 Å². The standard InChI is InChI=1S/C17H26N2O3/c1-13(2)16(17(20)19-8-10-22-11-9-19)18-12-14-6-4-5-7-15(14)21-3/h4-7,13,16,18H,8-12H2,1-3H3. The minimum Gasteiger partial charge on any atom is -0.496 e. The van der Waals surface area contributed by atoms with Crippen LogP contribution in [0, 0.1) is 5.92 Å². The van der Waals surface area contributed by atoms with E-state index in [0.717, 1.165) is 11.3 Å². The Balaban J connectivity index is 2.00. The second-order valence-corrected chi connectivity index (χ2v) is 5.85. The van der Waals surface area contributed by atoms with Gasteiger partial charge < -0.3 is 19.7 Å². The maximum absolute atomic E-state index is 12.7. The Morgan fingerprint density at radius 1 is 1.32 bits per heavy atom. The molecule has 1 N–H and O–H groups in total. The molecule has 0 radical (unpaired) electrons. The lowest BCUT2D eigenvalue weighted by Gasteiger charge is -2.32. The van der Waals surface area contributed by atoms with E-state index in [1.54, 1.807) is 7.11 Å². The number of hydrogen-bond donors (Lipinski definition) is 1. The number of carbonyl (C=O) groups is 1. The normalized spacial score (nSPS) is 16.6. The first kappa shape index (κ1) is 16.8. The van der Waals surface area contributed by atoms with E-state index >= 15 is 0 Å². The summed E-state index contributed by atoms with van der Waals surface area (Å²) in [7, 11) is 1.66. The fraction of sp³-hybridized carbons (Fsp3) is 0.588. The number of amides is 1. The van der Waals surface area contributed by atoms with E-state index in [-0.39, 0.29) is 17.9 Å². The van der Waals surface area contributed by atoms with E-state index in [0.29, 0.717) is 32.8 Å². The monoisotopic (exact) mass is 306 g/mol. The Morgan fingerprint density at radius 3 is 2.64 bits per heavy atom. The average molecular weight is 306 g/mol. The van der Waals surface area contributed by atoms with Crippen LogP contribution in [0.2, 0.25) is 0 Å². The summed E-state index contributed by atoms with van der Waals surface area (Å²) >= 11 is 0. The minimum atomic E-state index is -0.192. The first-order valence-electron chi connectivity index (χ1n) is 7.85. The summed E-state index contributed by atoms with van der Waals surface area (Å²) in [4.78, 5) is 14.6. The van der Waals surface area contributed by atoms with Crippen LogP contribution in [0.15, 0.2) is 24.3 Å². The Labute approximate surface area is 132 Å². The highest BCUT2D eigenvalue weighted by atomic mass is 16.5. The SMILES string of the molecule is COc1ccccc1CNC(C(=O)N1CCOCC1)C(C)C. The summed E-state index contributed by atoms with van der Waals surface area (Å²) in [5, 5.41) is 3.40. The van der Waals surface area contributed by atoms with Crippen LogP contribution in [0.4, 0.5) is 0 Å². The first-order valence-corrected chi connectivity index (χ1v) is 7.85. The van der Waals surface area contributed by atoms with Crippen molar-refractivity contribution in [2.75, 3.05) is 33.4 Å². The van der Waals surface area contributed by atoms with Crippen LogP contribution in [0.25, 0.3) is 0 Å². The molecule has 22 heavy (non-hydrogen) atoms. The number of ether oxygens (including phenoxy) is 2. The van der Waals surface area contributed by atoms with Gasteiger partial charge in [0.1, 0.15) is 5.75 Å². The summed E-state index contributed by atoms with van der Waals surface area (Å²) in [5.41, 5.74) is 1.06. The van der Waals surface area contributed by atoms with Crippen molar-refractivity contribution in [2.45, 2.75) is 26.4 Å². The van der Waals surface area contributed by atoms with Gasteiger partial charge in [0.2, 0.25) is 5.91 Å². The highest BCUT2D eigenvalue weighted by Gasteiger charge is 2.27. The molecule has 5 nitrogen and oxygen atoms in total. The number of hydrogen-bond acceptors (Lipinski definition) is 4. The van der Waals surface area contributed by atoms with Gasteiger partial charge in [-0.2, -0.15) is 0 Å². The Morgan fingerprint density at radius 2 is 2.00 bits per heavy atom. The number of carbonyl (C=O) groups excluding carboxylic acids is 1. The average Bonchev–Trinajstić information content (AvgIpc) is 2.55. The quantitative estimate of drug-likeness (QED) is 0.868. The lowest BCUT2D eigenvalue weighted by molar-refractivity contribution is -0.138. The molecule has 1 unspecified atom stereocenters. The molecule has 1 fully saturated rings. The van der Waals surface area contributed by atoms with Crippen molar-refractivity contribution in [3.63, 3.8) is 0 Å². The molecular weight excluding hydrogens is 280 g/mol. The van der Waals surface area contributed by atoms with Crippen LogP contribution in [0.1, 0.15) is 19.4 Å². The van der Waals surface area contributed by atoms with Gasteiger partial charge in [0.15, 0.2) is 0 Å². The Kier molecular flexibility index (Phi) is 6.21. The predicted octanol–water partition coefficient (Wildman–Crippen LogP) is 1.67. The van der Waals surface area contributed by atoms with Gasteiger partial charge in [0.05, 0.1) is 26.4 Å². The van der Waals surface area contributed by atoms with E-state index in [1.165, 1.54) is 0 Å². The van der Waals surface area contributed by atoms with Crippen molar-refractivity contribution < 1.29 is 14.3 Å². The molecule has 1 saturated heterocycles. The van der Waals surface area contributed by atoms with Crippen LogP contribution in [0.5, 0.6) is 5.75 Å². The molecule has 1 atom stereocenters. The van der Waals surface area contributed by atoms with Crippen molar-refractivity contribution in [1.82, 2.24) is 10.2 Å². The molecule has 5 heteroatoms. The fourth-order valence-corrected chi connectivity index (χ4v) is 2.66. The maximum atomic E-state index is 12.7. The van der Waals surface area contributed by atoms with E-state index in [1.807, 2.05) is 29.2 Å². The van der Waals surface area contributed by atoms with E-state index in [2.05, 4.69) is 19.2 Å². The number of nitrogens with zero attached hydrogens (tertiary/aromatic N) is 1. The number of benzene rings is 1. The first-order chi connectivity index (χ1) is 10.6.